The quantitative estimate of drug-likeness (QED) is 0.538. The second-order valence-electron chi connectivity index (χ2n) is 6.45. The fourth-order valence-electron chi connectivity index (χ4n) is 2.59. The lowest BCUT2D eigenvalue weighted by Crippen LogP contribution is -2.38. The average Bonchev–Trinajstić information content (AvgIpc) is 2.87. The first-order valence-electron chi connectivity index (χ1n) is 8.17. The Hall–Kier alpha value is -1.97. The highest BCUT2D eigenvalue weighted by Crippen LogP contribution is 2.15. The molecule has 4 nitrogen and oxygen atoms in total. The summed E-state index contributed by atoms with van der Waals surface area (Å²) in [7, 11) is 0. The Morgan fingerprint density at radius 1 is 1.23 bits per heavy atom. The summed E-state index contributed by atoms with van der Waals surface area (Å²) in [5.74, 6) is 1.29. The molecule has 2 rings (SSSR count). The molecule has 0 aliphatic heterocycles. The molecule has 0 radical (unpaired) electrons. The van der Waals surface area contributed by atoms with Crippen molar-refractivity contribution >= 4 is 16.9 Å². The molecule has 0 saturated carbocycles. The highest BCUT2D eigenvalue weighted by molar-refractivity contribution is 5.80. The molecule has 1 aromatic carbocycles. The lowest BCUT2D eigenvalue weighted by atomic mass is 10.0. The van der Waals surface area contributed by atoms with E-state index in [0.29, 0.717) is 18.5 Å². The third-order valence-corrected chi connectivity index (χ3v) is 3.82. The largest absolute Gasteiger partial charge is 0.370 e. The third-order valence-electron chi connectivity index (χ3n) is 3.82. The van der Waals surface area contributed by atoms with Crippen molar-refractivity contribution in [3.8, 4) is 0 Å². The van der Waals surface area contributed by atoms with Crippen molar-refractivity contribution in [3.63, 3.8) is 0 Å². The average molecular weight is 300 g/mol. The maximum Gasteiger partial charge on any atom is 0.189 e. The zero-order valence-corrected chi connectivity index (χ0v) is 13.9. The number of H-pyrrole nitrogens is 1. The molecule has 0 saturated heterocycles. The molecule has 0 spiro atoms. The number of hydrogen-bond acceptors (Lipinski definition) is 1. The van der Waals surface area contributed by atoms with E-state index < -0.39 is 0 Å². The number of fused-ring (bicyclic) bond motifs is 1. The molecule has 1 atom stereocenters. The summed E-state index contributed by atoms with van der Waals surface area (Å²) in [5.41, 5.74) is 8.20. The zero-order chi connectivity index (χ0) is 15.9. The van der Waals surface area contributed by atoms with Crippen LogP contribution in [0.15, 0.2) is 35.3 Å². The topological polar surface area (TPSA) is 66.2 Å². The van der Waals surface area contributed by atoms with Crippen molar-refractivity contribution in [2.24, 2.45) is 16.6 Å². The van der Waals surface area contributed by atoms with Gasteiger partial charge in [0.2, 0.25) is 0 Å². The summed E-state index contributed by atoms with van der Waals surface area (Å²) in [6, 6.07) is 10.7. The standard InChI is InChI=1S/C18H28N4/c1-13(2)7-6-8-14(3)21-18(19)20-12-16-11-15-9-4-5-10-17(15)22-16/h4-5,9-11,13-14,22H,6-8,12H2,1-3H3,(H3,19,20,21). The van der Waals surface area contributed by atoms with Crippen molar-refractivity contribution in [3.05, 3.63) is 36.0 Å². The van der Waals surface area contributed by atoms with Crippen LogP contribution in [-0.4, -0.2) is 17.0 Å². The van der Waals surface area contributed by atoms with E-state index in [1.54, 1.807) is 0 Å². The van der Waals surface area contributed by atoms with Crippen molar-refractivity contribution < 1.29 is 0 Å². The van der Waals surface area contributed by atoms with Crippen LogP contribution in [0, 0.1) is 5.92 Å². The SMILES string of the molecule is CC(C)CCCC(C)NC(N)=NCc1cc2ccccc2[nH]1. The Balaban J connectivity index is 1.81. The van der Waals surface area contributed by atoms with Crippen LogP contribution in [0.5, 0.6) is 0 Å². The van der Waals surface area contributed by atoms with Gasteiger partial charge in [-0.15, -0.1) is 0 Å². The number of nitrogens with zero attached hydrogens (tertiary/aromatic N) is 1. The van der Waals surface area contributed by atoms with E-state index in [1.807, 2.05) is 12.1 Å². The number of hydrogen-bond donors (Lipinski definition) is 3. The molecule has 2 aromatic rings. The minimum absolute atomic E-state index is 0.366. The van der Waals surface area contributed by atoms with Crippen molar-refractivity contribution in [2.75, 3.05) is 0 Å². The van der Waals surface area contributed by atoms with E-state index in [9.17, 15) is 0 Å². The van der Waals surface area contributed by atoms with Gasteiger partial charge in [0.1, 0.15) is 0 Å². The summed E-state index contributed by atoms with van der Waals surface area (Å²) in [6.07, 6.45) is 3.61. The number of para-hydroxylation sites is 1. The summed E-state index contributed by atoms with van der Waals surface area (Å²) in [4.78, 5) is 7.79. The van der Waals surface area contributed by atoms with Crippen LogP contribution in [0.1, 0.15) is 45.7 Å². The van der Waals surface area contributed by atoms with Gasteiger partial charge in [-0.25, -0.2) is 4.99 Å². The van der Waals surface area contributed by atoms with Gasteiger partial charge in [-0.2, -0.15) is 0 Å². The van der Waals surface area contributed by atoms with E-state index in [1.165, 1.54) is 18.2 Å². The number of guanidine groups is 1. The highest BCUT2D eigenvalue weighted by Gasteiger charge is 2.04. The molecule has 0 amide bonds. The van der Waals surface area contributed by atoms with Gasteiger partial charge in [0.25, 0.3) is 0 Å². The molecule has 4 heteroatoms. The van der Waals surface area contributed by atoms with Gasteiger partial charge < -0.3 is 16.0 Å². The van der Waals surface area contributed by atoms with E-state index in [4.69, 9.17) is 5.73 Å². The van der Waals surface area contributed by atoms with Crippen molar-refractivity contribution in [1.29, 1.82) is 0 Å². The van der Waals surface area contributed by atoms with Gasteiger partial charge in [0.05, 0.1) is 6.54 Å². The molecule has 1 unspecified atom stereocenters. The second kappa shape index (κ2) is 7.87. The monoisotopic (exact) mass is 300 g/mol. The van der Waals surface area contributed by atoms with Crippen LogP contribution in [-0.2, 0) is 6.54 Å². The molecule has 120 valence electrons. The molecule has 0 aliphatic rings. The van der Waals surface area contributed by atoms with E-state index in [-0.39, 0.29) is 0 Å². The van der Waals surface area contributed by atoms with Crippen molar-refractivity contribution in [2.45, 2.75) is 52.6 Å². The smallest absolute Gasteiger partial charge is 0.189 e. The summed E-state index contributed by atoms with van der Waals surface area (Å²) in [6.45, 7) is 7.25. The number of nitrogens with two attached hydrogens (primary N) is 1. The predicted octanol–water partition coefficient (Wildman–Crippen LogP) is 3.79. The Bertz CT molecular complexity index is 579. The first-order chi connectivity index (χ1) is 10.5. The number of aliphatic imine (C=N–C) groups is 1. The molecule has 1 heterocycles. The first kappa shape index (κ1) is 16.4. The molecule has 22 heavy (non-hydrogen) atoms. The van der Waals surface area contributed by atoms with Crippen LogP contribution in [0.3, 0.4) is 0 Å². The first-order valence-corrected chi connectivity index (χ1v) is 8.17. The highest BCUT2D eigenvalue weighted by atomic mass is 15.1. The molecule has 0 fully saturated rings. The maximum absolute atomic E-state index is 5.97. The number of nitrogens with one attached hydrogen (secondary N) is 2. The lowest BCUT2D eigenvalue weighted by Gasteiger charge is -2.14. The minimum atomic E-state index is 0.366. The molecule has 4 N–H and O–H groups in total. The fraction of sp³-hybridized carbons (Fsp3) is 0.500. The van der Waals surface area contributed by atoms with Gasteiger partial charge in [-0.3, -0.25) is 0 Å². The number of aromatic amines is 1. The molecule has 0 aliphatic carbocycles. The van der Waals surface area contributed by atoms with Crippen LogP contribution in [0.25, 0.3) is 10.9 Å². The third kappa shape index (κ3) is 5.10. The number of benzene rings is 1. The molecular formula is C18H28N4. The Kier molecular flexibility index (Phi) is 5.87. The Labute approximate surface area is 133 Å². The molecular weight excluding hydrogens is 272 g/mol. The van der Waals surface area contributed by atoms with E-state index in [2.05, 4.69) is 54.3 Å². The zero-order valence-electron chi connectivity index (χ0n) is 13.9. The van der Waals surface area contributed by atoms with Gasteiger partial charge in [0.15, 0.2) is 5.96 Å². The fourth-order valence-corrected chi connectivity index (χ4v) is 2.59. The summed E-state index contributed by atoms with van der Waals surface area (Å²) in [5, 5.41) is 4.48. The minimum Gasteiger partial charge on any atom is -0.370 e. The van der Waals surface area contributed by atoms with Gasteiger partial charge >= 0.3 is 0 Å². The summed E-state index contributed by atoms with van der Waals surface area (Å²) < 4.78 is 0. The Morgan fingerprint density at radius 3 is 2.73 bits per heavy atom. The van der Waals surface area contributed by atoms with Crippen molar-refractivity contribution in [1.82, 2.24) is 10.3 Å². The predicted molar refractivity (Wildman–Crippen MR) is 94.9 cm³/mol. The van der Waals surface area contributed by atoms with Crippen LogP contribution >= 0.6 is 0 Å². The van der Waals surface area contributed by atoms with E-state index >= 15 is 0 Å². The normalized spacial score (nSPS) is 13.7. The number of rotatable bonds is 7. The second-order valence-corrected chi connectivity index (χ2v) is 6.45. The van der Waals surface area contributed by atoms with Crippen LogP contribution in [0.2, 0.25) is 0 Å². The number of aromatic nitrogens is 1. The molecule has 0 bridgehead atoms. The van der Waals surface area contributed by atoms with Gasteiger partial charge in [-0.05, 0) is 36.8 Å². The van der Waals surface area contributed by atoms with Crippen LogP contribution < -0.4 is 11.1 Å². The van der Waals surface area contributed by atoms with Crippen LogP contribution in [0.4, 0.5) is 0 Å². The summed E-state index contributed by atoms with van der Waals surface area (Å²) >= 11 is 0. The van der Waals surface area contributed by atoms with Gasteiger partial charge in [0, 0.05) is 17.3 Å². The lowest BCUT2D eigenvalue weighted by molar-refractivity contribution is 0.493. The maximum atomic E-state index is 5.97. The van der Waals surface area contributed by atoms with Gasteiger partial charge in [-0.1, -0.05) is 44.9 Å². The molecule has 1 aromatic heterocycles. The Morgan fingerprint density at radius 2 is 2.00 bits per heavy atom. The van der Waals surface area contributed by atoms with E-state index in [0.717, 1.165) is 23.5 Å².